The van der Waals surface area contributed by atoms with Gasteiger partial charge < -0.3 is 10.6 Å². The zero-order valence-electron chi connectivity index (χ0n) is 11.7. The van der Waals surface area contributed by atoms with Gasteiger partial charge in [-0.05, 0) is 30.4 Å². The Hall–Kier alpha value is -0.900. The van der Waals surface area contributed by atoms with E-state index in [0.29, 0.717) is 5.41 Å². The van der Waals surface area contributed by atoms with Gasteiger partial charge in [-0.3, -0.25) is 4.90 Å². The largest absolute Gasteiger partial charge is 0.330 e. The Morgan fingerprint density at radius 3 is 2.16 bits per heavy atom. The van der Waals surface area contributed by atoms with Crippen molar-refractivity contribution < 1.29 is 0 Å². The summed E-state index contributed by atoms with van der Waals surface area (Å²) in [5.41, 5.74) is 7.79. The summed E-state index contributed by atoms with van der Waals surface area (Å²) in [5.74, 6) is 0. The van der Waals surface area contributed by atoms with Gasteiger partial charge in [-0.1, -0.05) is 30.3 Å². The standard InChI is InChI=1S/C16H25N3/c17-13-16(6-7-16)14-19-10-8-18(9-11-19)12-15-4-2-1-3-5-15/h1-5H,6-14,17H2. The molecule has 0 unspecified atom stereocenters. The first-order chi connectivity index (χ1) is 9.30. The predicted octanol–water partition coefficient (Wildman–Crippen LogP) is 1.54. The molecule has 104 valence electrons. The molecule has 3 nitrogen and oxygen atoms in total. The fraction of sp³-hybridized carbons (Fsp3) is 0.625. The predicted molar refractivity (Wildman–Crippen MR) is 78.9 cm³/mol. The number of hydrogen-bond acceptors (Lipinski definition) is 3. The van der Waals surface area contributed by atoms with Gasteiger partial charge in [0.25, 0.3) is 0 Å². The van der Waals surface area contributed by atoms with Crippen molar-refractivity contribution >= 4 is 0 Å². The fourth-order valence-electron chi connectivity index (χ4n) is 3.03. The van der Waals surface area contributed by atoms with Gasteiger partial charge in [-0.15, -0.1) is 0 Å². The van der Waals surface area contributed by atoms with E-state index in [-0.39, 0.29) is 0 Å². The van der Waals surface area contributed by atoms with Gasteiger partial charge in [0.2, 0.25) is 0 Å². The van der Waals surface area contributed by atoms with Gasteiger partial charge in [-0.2, -0.15) is 0 Å². The van der Waals surface area contributed by atoms with E-state index < -0.39 is 0 Å². The lowest BCUT2D eigenvalue weighted by molar-refractivity contribution is 0.110. The highest BCUT2D eigenvalue weighted by molar-refractivity contribution is 5.14. The van der Waals surface area contributed by atoms with Crippen LogP contribution >= 0.6 is 0 Å². The Morgan fingerprint density at radius 2 is 1.58 bits per heavy atom. The van der Waals surface area contributed by atoms with Crippen LogP contribution in [0.25, 0.3) is 0 Å². The second-order valence-corrected chi connectivity index (χ2v) is 6.24. The molecule has 2 N–H and O–H groups in total. The molecule has 2 aliphatic rings. The summed E-state index contributed by atoms with van der Waals surface area (Å²) in [6.07, 6.45) is 2.68. The summed E-state index contributed by atoms with van der Waals surface area (Å²) >= 11 is 0. The van der Waals surface area contributed by atoms with Crippen LogP contribution in [0, 0.1) is 5.41 Å². The Labute approximate surface area is 116 Å². The summed E-state index contributed by atoms with van der Waals surface area (Å²) in [4.78, 5) is 5.18. The van der Waals surface area contributed by atoms with Crippen LogP contribution in [-0.2, 0) is 6.54 Å². The van der Waals surface area contributed by atoms with Gasteiger partial charge in [0.15, 0.2) is 0 Å². The third-order valence-corrected chi connectivity index (χ3v) is 4.66. The third kappa shape index (κ3) is 3.35. The molecule has 0 spiro atoms. The minimum atomic E-state index is 0.488. The summed E-state index contributed by atoms with van der Waals surface area (Å²) in [7, 11) is 0. The molecule has 0 bridgehead atoms. The lowest BCUT2D eigenvalue weighted by Crippen LogP contribution is -2.48. The maximum Gasteiger partial charge on any atom is 0.0234 e. The van der Waals surface area contributed by atoms with Crippen LogP contribution in [0.15, 0.2) is 30.3 Å². The molecule has 3 heteroatoms. The molecule has 1 saturated heterocycles. The molecule has 1 aliphatic heterocycles. The first kappa shape index (κ1) is 13.1. The maximum absolute atomic E-state index is 5.88. The summed E-state index contributed by atoms with van der Waals surface area (Å²) in [6, 6.07) is 10.8. The number of nitrogens with zero attached hydrogens (tertiary/aromatic N) is 2. The monoisotopic (exact) mass is 259 g/mol. The van der Waals surface area contributed by atoms with Crippen molar-refractivity contribution in [2.24, 2.45) is 11.1 Å². The highest BCUT2D eigenvalue weighted by Gasteiger charge is 2.42. The minimum Gasteiger partial charge on any atom is -0.330 e. The van der Waals surface area contributed by atoms with E-state index in [1.54, 1.807) is 0 Å². The number of rotatable bonds is 5. The Bertz CT molecular complexity index is 392. The van der Waals surface area contributed by atoms with Crippen molar-refractivity contribution in [1.82, 2.24) is 9.80 Å². The van der Waals surface area contributed by atoms with Gasteiger partial charge >= 0.3 is 0 Å². The molecule has 0 aromatic heterocycles. The molecule has 0 atom stereocenters. The van der Waals surface area contributed by atoms with E-state index in [9.17, 15) is 0 Å². The molecule has 2 fully saturated rings. The van der Waals surface area contributed by atoms with E-state index in [2.05, 4.69) is 40.1 Å². The molecule has 1 aromatic rings. The molecule has 0 radical (unpaired) electrons. The summed E-state index contributed by atoms with van der Waals surface area (Å²) < 4.78 is 0. The van der Waals surface area contributed by atoms with E-state index in [0.717, 1.165) is 13.1 Å². The molecular weight excluding hydrogens is 234 g/mol. The first-order valence-electron chi connectivity index (χ1n) is 7.48. The third-order valence-electron chi connectivity index (χ3n) is 4.66. The second kappa shape index (κ2) is 5.61. The smallest absolute Gasteiger partial charge is 0.0234 e. The van der Waals surface area contributed by atoms with Crippen molar-refractivity contribution in [3.8, 4) is 0 Å². The number of piperazine rings is 1. The lowest BCUT2D eigenvalue weighted by atomic mass is 10.1. The molecule has 1 aromatic carbocycles. The molecule has 0 amide bonds. The van der Waals surface area contributed by atoms with Crippen molar-refractivity contribution in [2.45, 2.75) is 19.4 Å². The number of hydrogen-bond donors (Lipinski definition) is 1. The van der Waals surface area contributed by atoms with Crippen LogP contribution in [-0.4, -0.2) is 49.1 Å². The van der Waals surface area contributed by atoms with Crippen molar-refractivity contribution in [3.05, 3.63) is 35.9 Å². The fourth-order valence-corrected chi connectivity index (χ4v) is 3.03. The molecule has 1 aliphatic carbocycles. The van der Waals surface area contributed by atoms with Crippen LogP contribution < -0.4 is 5.73 Å². The van der Waals surface area contributed by atoms with E-state index in [1.165, 1.54) is 51.1 Å². The average Bonchev–Trinajstić information content (AvgIpc) is 3.23. The number of nitrogens with two attached hydrogens (primary N) is 1. The van der Waals surface area contributed by atoms with Gasteiger partial charge in [0.05, 0.1) is 0 Å². The van der Waals surface area contributed by atoms with E-state index in [4.69, 9.17) is 5.73 Å². The zero-order valence-corrected chi connectivity index (χ0v) is 11.7. The summed E-state index contributed by atoms with van der Waals surface area (Å²) in [6.45, 7) is 7.98. The molecular formula is C16H25N3. The van der Waals surface area contributed by atoms with Crippen molar-refractivity contribution in [2.75, 3.05) is 39.3 Å². The second-order valence-electron chi connectivity index (χ2n) is 6.24. The molecule has 1 heterocycles. The highest BCUT2D eigenvalue weighted by atomic mass is 15.3. The van der Waals surface area contributed by atoms with Crippen LogP contribution in [0.4, 0.5) is 0 Å². The Balaban J connectivity index is 1.45. The normalized spacial score (nSPS) is 23.4. The van der Waals surface area contributed by atoms with E-state index >= 15 is 0 Å². The zero-order chi connectivity index (χ0) is 13.1. The first-order valence-corrected chi connectivity index (χ1v) is 7.48. The topological polar surface area (TPSA) is 32.5 Å². The summed E-state index contributed by atoms with van der Waals surface area (Å²) in [5, 5.41) is 0. The van der Waals surface area contributed by atoms with Crippen LogP contribution in [0.3, 0.4) is 0 Å². The lowest BCUT2D eigenvalue weighted by Gasteiger charge is -2.36. The van der Waals surface area contributed by atoms with Crippen LogP contribution in [0.1, 0.15) is 18.4 Å². The maximum atomic E-state index is 5.88. The quantitative estimate of drug-likeness (QED) is 0.870. The average molecular weight is 259 g/mol. The van der Waals surface area contributed by atoms with Crippen LogP contribution in [0.5, 0.6) is 0 Å². The Kier molecular flexibility index (Phi) is 3.87. The van der Waals surface area contributed by atoms with Gasteiger partial charge in [0, 0.05) is 39.3 Å². The molecule has 1 saturated carbocycles. The highest BCUT2D eigenvalue weighted by Crippen LogP contribution is 2.45. The minimum absolute atomic E-state index is 0.488. The Morgan fingerprint density at radius 1 is 0.947 bits per heavy atom. The van der Waals surface area contributed by atoms with Crippen molar-refractivity contribution in [3.63, 3.8) is 0 Å². The van der Waals surface area contributed by atoms with Crippen molar-refractivity contribution in [1.29, 1.82) is 0 Å². The van der Waals surface area contributed by atoms with Gasteiger partial charge in [0.1, 0.15) is 0 Å². The van der Waals surface area contributed by atoms with Gasteiger partial charge in [-0.25, -0.2) is 0 Å². The molecule has 3 rings (SSSR count). The molecule has 19 heavy (non-hydrogen) atoms. The van der Waals surface area contributed by atoms with E-state index in [1.807, 2.05) is 0 Å². The number of benzene rings is 1. The SMILES string of the molecule is NCC1(CN2CCN(Cc3ccccc3)CC2)CC1. The van der Waals surface area contributed by atoms with Crippen LogP contribution in [0.2, 0.25) is 0 Å².